The Kier molecular flexibility index (Phi) is 8.05. The Labute approximate surface area is 229 Å². The summed E-state index contributed by atoms with van der Waals surface area (Å²) >= 11 is 0. The van der Waals surface area contributed by atoms with Crippen molar-refractivity contribution in [2.45, 2.75) is 64.3 Å². The lowest BCUT2D eigenvalue weighted by Gasteiger charge is -2.30. The van der Waals surface area contributed by atoms with Crippen LogP contribution < -0.4 is 5.32 Å². The Balaban J connectivity index is 1.54. The SMILES string of the molecule is Cc1c2ccc(c1N=N)NCCCCCCc1ccc(cc1)C(=O)N1CCc3ccc(cc3C1)C2CC(=O)O. The molecule has 3 N–H and O–H groups in total. The number of amides is 1. The van der Waals surface area contributed by atoms with Crippen molar-refractivity contribution in [2.75, 3.05) is 18.4 Å². The minimum atomic E-state index is -0.884. The topological polar surface area (TPSA) is 106 Å². The summed E-state index contributed by atoms with van der Waals surface area (Å²) in [6.45, 7) is 3.87. The molecule has 0 spiro atoms. The van der Waals surface area contributed by atoms with E-state index < -0.39 is 5.97 Å². The third kappa shape index (κ3) is 5.87. The first-order chi connectivity index (χ1) is 18.9. The molecule has 5 heterocycles. The van der Waals surface area contributed by atoms with E-state index in [4.69, 9.17) is 5.53 Å². The maximum absolute atomic E-state index is 13.4. The lowest BCUT2D eigenvalue weighted by atomic mass is 9.83. The lowest BCUT2D eigenvalue weighted by Crippen LogP contribution is -2.36. The smallest absolute Gasteiger partial charge is 0.304 e. The van der Waals surface area contributed by atoms with Crippen molar-refractivity contribution in [2.24, 2.45) is 5.11 Å². The average molecular weight is 525 g/mol. The van der Waals surface area contributed by atoms with E-state index in [0.717, 1.165) is 73.0 Å². The predicted octanol–water partition coefficient (Wildman–Crippen LogP) is 6.99. The van der Waals surface area contributed by atoms with Crippen molar-refractivity contribution in [3.63, 3.8) is 0 Å². The number of nitrogens with zero attached hydrogens (tertiary/aromatic N) is 2. The molecular formula is C32H36N4O3. The van der Waals surface area contributed by atoms with Gasteiger partial charge in [-0.05, 0) is 84.2 Å². The van der Waals surface area contributed by atoms with E-state index in [0.29, 0.717) is 24.3 Å². The molecule has 3 aromatic rings. The first-order valence-electron chi connectivity index (χ1n) is 13.9. The van der Waals surface area contributed by atoms with Crippen molar-refractivity contribution in [1.29, 1.82) is 5.53 Å². The monoisotopic (exact) mass is 524 g/mol. The molecule has 7 bridgehead atoms. The number of aryl methyl sites for hydroxylation is 1. The van der Waals surface area contributed by atoms with Gasteiger partial charge in [-0.3, -0.25) is 9.59 Å². The third-order valence-corrected chi connectivity index (χ3v) is 8.18. The summed E-state index contributed by atoms with van der Waals surface area (Å²) in [5.41, 5.74) is 16.0. The highest BCUT2D eigenvalue weighted by molar-refractivity contribution is 5.94. The van der Waals surface area contributed by atoms with Crippen LogP contribution in [0, 0.1) is 12.5 Å². The maximum Gasteiger partial charge on any atom is 0.304 e. The quantitative estimate of drug-likeness (QED) is 0.321. The Hall–Kier alpha value is -4.00. The number of aliphatic carboxylic acids is 1. The zero-order chi connectivity index (χ0) is 27.4. The second-order valence-electron chi connectivity index (χ2n) is 10.7. The van der Waals surface area contributed by atoms with E-state index in [1.165, 1.54) is 11.1 Å². The van der Waals surface area contributed by atoms with E-state index in [1.54, 1.807) is 0 Å². The highest BCUT2D eigenvalue weighted by Crippen LogP contribution is 2.39. The fourth-order valence-corrected chi connectivity index (χ4v) is 5.96. The van der Waals surface area contributed by atoms with E-state index in [2.05, 4.69) is 34.7 Å². The van der Waals surface area contributed by atoms with Gasteiger partial charge in [0.25, 0.3) is 5.91 Å². The molecule has 5 aliphatic rings. The van der Waals surface area contributed by atoms with Crippen molar-refractivity contribution in [3.8, 4) is 0 Å². The molecule has 39 heavy (non-hydrogen) atoms. The zero-order valence-electron chi connectivity index (χ0n) is 22.5. The highest BCUT2D eigenvalue weighted by atomic mass is 16.4. The van der Waals surface area contributed by atoms with Gasteiger partial charge in [0.15, 0.2) is 0 Å². The fourth-order valence-electron chi connectivity index (χ4n) is 5.96. The molecule has 0 radical (unpaired) electrons. The molecule has 7 heteroatoms. The summed E-state index contributed by atoms with van der Waals surface area (Å²) < 4.78 is 0. The summed E-state index contributed by atoms with van der Waals surface area (Å²) in [5, 5.41) is 17.1. The molecule has 7 nitrogen and oxygen atoms in total. The molecule has 0 aromatic heterocycles. The maximum atomic E-state index is 13.4. The zero-order valence-corrected chi connectivity index (χ0v) is 22.5. The third-order valence-electron chi connectivity index (χ3n) is 8.18. The van der Waals surface area contributed by atoms with E-state index >= 15 is 0 Å². The molecular weight excluding hydrogens is 488 g/mol. The Morgan fingerprint density at radius 3 is 2.59 bits per heavy atom. The number of carboxylic acid groups (broad SMARTS) is 1. The van der Waals surface area contributed by atoms with Gasteiger partial charge in [-0.15, -0.1) is 0 Å². The largest absolute Gasteiger partial charge is 0.481 e. The number of nitrogens with one attached hydrogen (secondary N) is 2. The fraction of sp³-hybridized carbons (Fsp3) is 0.375. The molecule has 202 valence electrons. The molecule has 1 amide bonds. The van der Waals surface area contributed by atoms with Crippen molar-refractivity contribution < 1.29 is 14.7 Å². The standard InChI is InChI=1S/C32H36N4O3/c1-21-27-13-14-29(31(21)35-33)34-16-5-3-2-4-6-22-7-9-24(10-8-22)32(39)36-17-15-23-11-12-25(18-26(23)20-36)28(27)19-30(37)38/h7-14,18,28,33-34H,2-6,15-17,19-20H2,1H3,(H,37,38). The Morgan fingerprint density at radius 2 is 1.82 bits per heavy atom. The molecule has 3 aromatic carbocycles. The summed E-state index contributed by atoms with van der Waals surface area (Å²) in [5.74, 6) is -1.24. The van der Waals surface area contributed by atoms with Gasteiger partial charge in [0.05, 0.1) is 12.1 Å². The summed E-state index contributed by atoms with van der Waals surface area (Å²) in [4.78, 5) is 27.2. The average Bonchev–Trinajstić information content (AvgIpc) is 2.94. The summed E-state index contributed by atoms with van der Waals surface area (Å²) in [7, 11) is 0. The molecule has 5 aliphatic heterocycles. The number of hydrogen-bond donors (Lipinski definition) is 3. The van der Waals surface area contributed by atoms with E-state index in [-0.39, 0.29) is 18.2 Å². The van der Waals surface area contributed by atoms with Crippen molar-refractivity contribution in [1.82, 2.24) is 4.90 Å². The number of carboxylic acids is 1. The lowest BCUT2D eigenvalue weighted by molar-refractivity contribution is -0.137. The van der Waals surface area contributed by atoms with Crippen LogP contribution in [0.4, 0.5) is 11.4 Å². The number of benzene rings is 3. The molecule has 0 saturated carbocycles. The minimum Gasteiger partial charge on any atom is -0.481 e. The first-order valence-corrected chi connectivity index (χ1v) is 13.9. The van der Waals surface area contributed by atoms with Gasteiger partial charge >= 0.3 is 5.97 Å². The number of carbonyl (C=O) groups is 2. The second kappa shape index (κ2) is 11.8. The van der Waals surface area contributed by atoms with E-state index in [1.807, 2.05) is 42.2 Å². The molecule has 1 atom stereocenters. The Morgan fingerprint density at radius 1 is 1.03 bits per heavy atom. The molecule has 1 unspecified atom stereocenters. The molecule has 8 rings (SSSR count). The van der Waals surface area contributed by atoms with Gasteiger partial charge in [0.2, 0.25) is 0 Å². The molecule has 0 fully saturated rings. The van der Waals surface area contributed by atoms with Gasteiger partial charge in [0, 0.05) is 31.1 Å². The van der Waals surface area contributed by atoms with Gasteiger partial charge in [-0.1, -0.05) is 49.2 Å². The van der Waals surface area contributed by atoms with Crippen LogP contribution in [0.25, 0.3) is 0 Å². The van der Waals surface area contributed by atoms with Crippen LogP contribution in [0.2, 0.25) is 0 Å². The van der Waals surface area contributed by atoms with Gasteiger partial charge < -0.3 is 15.3 Å². The first kappa shape index (κ1) is 26.6. The van der Waals surface area contributed by atoms with E-state index in [9.17, 15) is 14.7 Å². The van der Waals surface area contributed by atoms with Crippen LogP contribution in [-0.4, -0.2) is 35.0 Å². The number of hydrogen-bond acceptors (Lipinski definition) is 5. The van der Waals surface area contributed by atoms with Crippen LogP contribution >= 0.6 is 0 Å². The van der Waals surface area contributed by atoms with Gasteiger partial charge in [0.1, 0.15) is 5.69 Å². The van der Waals surface area contributed by atoms with Gasteiger partial charge in [-0.25, -0.2) is 5.53 Å². The van der Waals surface area contributed by atoms with Crippen LogP contribution in [0.3, 0.4) is 0 Å². The number of carbonyl (C=O) groups excluding carboxylic acids is 1. The summed E-state index contributed by atoms with van der Waals surface area (Å²) in [6, 6.07) is 18.1. The summed E-state index contributed by atoms with van der Waals surface area (Å²) in [6.07, 6.45) is 6.04. The number of anilines is 1. The second-order valence-corrected chi connectivity index (χ2v) is 10.7. The van der Waals surface area contributed by atoms with Crippen molar-refractivity contribution in [3.05, 3.63) is 93.5 Å². The Bertz CT molecular complexity index is 1380. The van der Waals surface area contributed by atoms with Crippen molar-refractivity contribution >= 4 is 23.3 Å². The molecule has 0 saturated heterocycles. The normalized spacial score (nSPS) is 17.8. The van der Waals surface area contributed by atoms with Crippen LogP contribution in [0.5, 0.6) is 0 Å². The van der Waals surface area contributed by atoms with Gasteiger partial charge in [-0.2, -0.15) is 5.11 Å². The van der Waals surface area contributed by atoms with Crippen LogP contribution in [0.1, 0.15) is 81.8 Å². The van der Waals surface area contributed by atoms with Crippen LogP contribution in [0.15, 0.2) is 59.7 Å². The predicted molar refractivity (Wildman–Crippen MR) is 152 cm³/mol. The number of rotatable bonds is 3. The minimum absolute atomic E-state index is 0.0301. The highest BCUT2D eigenvalue weighted by Gasteiger charge is 2.26. The molecule has 0 aliphatic carbocycles. The van der Waals surface area contributed by atoms with Crippen LogP contribution in [-0.2, 0) is 24.2 Å².